The monoisotopic (exact) mass is 363 g/mol. The molecule has 138 valence electrons. The van der Waals surface area contributed by atoms with Gasteiger partial charge in [0, 0.05) is 36.7 Å². The number of nitrogens with one attached hydrogen (secondary N) is 1. The lowest BCUT2D eigenvalue weighted by molar-refractivity contribution is -0.137. The maximum absolute atomic E-state index is 12.7. The second-order valence-corrected chi connectivity index (χ2v) is 8.13. The molecule has 6 heteroatoms. The smallest absolute Gasteiger partial charge is 0.225 e. The van der Waals surface area contributed by atoms with Gasteiger partial charge in [0.2, 0.25) is 11.8 Å². The SMILES string of the molecule is CCC(=O)NCc1csc(C2CCN(C(=O)C3CCCCC3)CC2)n1. The van der Waals surface area contributed by atoms with E-state index < -0.39 is 0 Å². The lowest BCUT2D eigenvalue weighted by Gasteiger charge is -2.34. The van der Waals surface area contributed by atoms with Crippen molar-refractivity contribution in [3.05, 3.63) is 16.1 Å². The number of carbonyl (C=O) groups is 2. The quantitative estimate of drug-likeness (QED) is 0.871. The number of hydrogen-bond donors (Lipinski definition) is 1. The minimum absolute atomic E-state index is 0.0593. The van der Waals surface area contributed by atoms with Crippen LogP contribution in [0.1, 0.15) is 74.9 Å². The van der Waals surface area contributed by atoms with Gasteiger partial charge >= 0.3 is 0 Å². The Morgan fingerprint density at radius 1 is 1.20 bits per heavy atom. The highest BCUT2D eigenvalue weighted by atomic mass is 32.1. The maximum Gasteiger partial charge on any atom is 0.225 e. The zero-order valence-corrected chi connectivity index (χ0v) is 15.9. The molecule has 1 aliphatic heterocycles. The molecular formula is C19H29N3O2S. The third kappa shape index (κ3) is 4.81. The zero-order valence-electron chi connectivity index (χ0n) is 15.1. The van der Waals surface area contributed by atoms with Crippen LogP contribution in [0.5, 0.6) is 0 Å². The van der Waals surface area contributed by atoms with Crippen LogP contribution in [0, 0.1) is 5.92 Å². The van der Waals surface area contributed by atoms with E-state index in [1.54, 1.807) is 11.3 Å². The van der Waals surface area contributed by atoms with Crippen molar-refractivity contribution in [2.45, 2.75) is 70.8 Å². The standard InChI is InChI=1S/C19H29N3O2S/c1-2-17(23)20-12-16-13-25-18(21-16)14-8-10-22(11-9-14)19(24)15-6-4-3-5-7-15/h13-15H,2-12H2,1H3,(H,20,23). The van der Waals surface area contributed by atoms with Crippen molar-refractivity contribution in [3.63, 3.8) is 0 Å². The van der Waals surface area contributed by atoms with Crippen molar-refractivity contribution >= 4 is 23.2 Å². The average molecular weight is 364 g/mol. The molecule has 0 spiro atoms. The summed E-state index contributed by atoms with van der Waals surface area (Å²) in [5.41, 5.74) is 0.947. The summed E-state index contributed by atoms with van der Waals surface area (Å²) >= 11 is 1.69. The van der Waals surface area contributed by atoms with Gasteiger partial charge in [-0.15, -0.1) is 11.3 Å². The molecule has 2 heterocycles. The number of piperidine rings is 1. The fraction of sp³-hybridized carbons (Fsp3) is 0.737. The molecule has 2 aliphatic rings. The number of likely N-dealkylation sites (tertiary alicyclic amines) is 1. The fourth-order valence-corrected chi connectivity index (χ4v) is 4.85. The molecule has 0 aromatic carbocycles. The summed E-state index contributed by atoms with van der Waals surface area (Å²) in [5, 5.41) is 6.08. The van der Waals surface area contributed by atoms with Crippen molar-refractivity contribution in [2.75, 3.05) is 13.1 Å². The van der Waals surface area contributed by atoms with E-state index in [1.165, 1.54) is 19.3 Å². The Kier molecular flexibility index (Phi) is 6.45. The molecule has 1 aliphatic carbocycles. The van der Waals surface area contributed by atoms with Gasteiger partial charge in [-0.05, 0) is 25.7 Å². The van der Waals surface area contributed by atoms with Gasteiger partial charge in [0.05, 0.1) is 17.2 Å². The summed E-state index contributed by atoms with van der Waals surface area (Å²) in [6.45, 7) is 4.09. The highest BCUT2D eigenvalue weighted by Crippen LogP contribution is 2.32. The molecule has 1 saturated heterocycles. The third-order valence-electron chi connectivity index (χ3n) is 5.47. The number of nitrogens with zero attached hydrogens (tertiary/aromatic N) is 2. The first-order valence-electron chi connectivity index (χ1n) is 9.67. The van der Waals surface area contributed by atoms with Crippen molar-refractivity contribution in [3.8, 4) is 0 Å². The van der Waals surface area contributed by atoms with Crippen LogP contribution in [-0.4, -0.2) is 34.8 Å². The molecule has 0 radical (unpaired) electrons. The number of thiazole rings is 1. The van der Waals surface area contributed by atoms with Gasteiger partial charge in [-0.2, -0.15) is 0 Å². The minimum Gasteiger partial charge on any atom is -0.350 e. The van der Waals surface area contributed by atoms with E-state index in [0.717, 1.165) is 49.5 Å². The fourth-order valence-electron chi connectivity index (χ4n) is 3.86. The molecule has 1 N–H and O–H groups in total. The van der Waals surface area contributed by atoms with Crippen LogP contribution in [0.25, 0.3) is 0 Å². The average Bonchev–Trinajstić information content (AvgIpc) is 3.15. The summed E-state index contributed by atoms with van der Waals surface area (Å²) in [5.74, 6) is 1.18. The normalized spacial score (nSPS) is 19.8. The Labute approximate surface area is 154 Å². The van der Waals surface area contributed by atoms with Crippen molar-refractivity contribution < 1.29 is 9.59 Å². The Hall–Kier alpha value is -1.43. The van der Waals surface area contributed by atoms with Crippen LogP contribution >= 0.6 is 11.3 Å². The lowest BCUT2D eigenvalue weighted by atomic mass is 9.87. The van der Waals surface area contributed by atoms with Crippen molar-refractivity contribution in [1.82, 2.24) is 15.2 Å². The third-order valence-corrected chi connectivity index (χ3v) is 6.52. The van der Waals surface area contributed by atoms with Gasteiger partial charge in [-0.25, -0.2) is 4.98 Å². The lowest BCUT2D eigenvalue weighted by Crippen LogP contribution is -2.41. The van der Waals surface area contributed by atoms with E-state index in [4.69, 9.17) is 4.98 Å². The van der Waals surface area contributed by atoms with E-state index in [2.05, 4.69) is 10.2 Å². The van der Waals surface area contributed by atoms with Gasteiger partial charge in [0.15, 0.2) is 0 Å². The van der Waals surface area contributed by atoms with Gasteiger partial charge in [0.25, 0.3) is 0 Å². The van der Waals surface area contributed by atoms with Crippen molar-refractivity contribution in [2.24, 2.45) is 5.92 Å². The van der Waals surface area contributed by atoms with Gasteiger partial charge in [0.1, 0.15) is 0 Å². The van der Waals surface area contributed by atoms with Gasteiger partial charge in [-0.3, -0.25) is 9.59 Å². The topological polar surface area (TPSA) is 62.3 Å². The minimum atomic E-state index is 0.0593. The van der Waals surface area contributed by atoms with Crippen LogP contribution < -0.4 is 5.32 Å². The second kappa shape index (κ2) is 8.79. The van der Waals surface area contributed by atoms with E-state index in [9.17, 15) is 9.59 Å². The first-order valence-corrected chi connectivity index (χ1v) is 10.5. The molecule has 2 amide bonds. The van der Waals surface area contributed by atoms with Crippen LogP contribution in [0.15, 0.2) is 5.38 Å². The number of amides is 2. The molecule has 5 nitrogen and oxygen atoms in total. The molecule has 2 fully saturated rings. The van der Waals surface area contributed by atoms with E-state index in [-0.39, 0.29) is 11.8 Å². The Balaban J connectivity index is 1.48. The summed E-state index contributed by atoms with van der Waals surface area (Å²) < 4.78 is 0. The van der Waals surface area contributed by atoms with Crippen LogP contribution in [0.4, 0.5) is 0 Å². The largest absolute Gasteiger partial charge is 0.350 e. The van der Waals surface area contributed by atoms with E-state index in [1.807, 2.05) is 12.3 Å². The summed E-state index contributed by atoms with van der Waals surface area (Å²) in [4.78, 5) is 30.8. The Morgan fingerprint density at radius 2 is 1.92 bits per heavy atom. The molecular weight excluding hydrogens is 334 g/mol. The maximum atomic E-state index is 12.7. The molecule has 1 aromatic heterocycles. The predicted octanol–water partition coefficient (Wildman–Crippen LogP) is 3.46. The summed E-state index contributed by atoms with van der Waals surface area (Å²) in [6.07, 6.45) is 8.39. The predicted molar refractivity (Wildman–Crippen MR) is 99.4 cm³/mol. The second-order valence-electron chi connectivity index (χ2n) is 7.24. The van der Waals surface area contributed by atoms with E-state index in [0.29, 0.717) is 24.8 Å². The molecule has 1 saturated carbocycles. The molecule has 0 unspecified atom stereocenters. The van der Waals surface area contributed by atoms with Gasteiger partial charge in [-0.1, -0.05) is 26.2 Å². The summed E-state index contributed by atoms with van der Waals surface area (Å²) in [6, 6.07) is 0. The van der Waals surface area contributed by atoms with Gasteiger partial charge < -0.3 is 10.2 Å². The molecule has 0 bridgehead atoms. The van der Waals surface area contributed by atoms with Crippen LogP contribution in [0.2, 0.25) is 0 Å². The number of hydrogen-bond acceptors (Lipinski definition) is 4. The first-order chi connectivity index (χ1) is 12.2. The number of carbonyl (C=O) groups excluding carboxylic acids is 2. The Bertz CT molecular complexity index is 587. The zero-order chi connectivity index (χ0) is 17.6. The molecule has 3 rings (SSSR count). The molecule has 25 heavy (non-hydrogen) atoms. The highest BCUT2D eigenvalue weighted by molar-refractivity contribution is 7.09. The first kappa shape index (κ1) is 18.4. The van der Waals surface area contributed by atoms with Crippen LogP contribution in [0.3, 0.4) is 0 Å². The number of aromatic nitrogens is 1. The highest BCUT2D eigenvalue weighted by Gasteiger charge is 2.30. The molecule has 1 aromatic rings. The van der Waals surface area contributed by atoms with Crippen molar-refractivity contribution in [1.29, 1.82) is 0 Å². The van der Waals surface area contributed by atoms with E-state index >= 15 is 0 Å². The molecule has 0 atom stereocenters. The Morgan fingerprint density at radius 3 is 2.60 bits per heavy atom. The van der Waals surface area contributed by atoms with Crippen LogP contribution in [-0.2, 0) is 16.1 Å². The summed E-state index contributed by atoms with van der Waals surface area (Å²) in [7, 11) is 0. The number of rotatable bonds is 5.